The molecule has 3 N–H and O–H groups in total. The minimum atomic E-state index is -0.594. The van der Waals surface area contributed by atoms with Crippen LogP contribution < -0.4 is 11.1 Å². The van der Waals surface area contributed by atoms with E-state index < -0.39 is 5.41 Å². The van der Waals surface area contributed by atoms with Crippen molar-refractivity contribution >= 4 is 22.7 Å². The summed E-state index contributed by atoms with van der Waals surface area (Å²) in [5.41, 5.74) is 7.27. The third kappa shape index (κ3) is 2.79. The summed E-state index contributed by atoms with van der Waals surface area (Å²) in [5.74, 6) is -0.525. The van der Waals surface area contributed by atoms with Crippen LogP contribution in [0, 0.1) is 12.3 Å². The number of aromatic nitrogens is 1. The van der Waals surface area contributed by atoms with Crippen molar-refractivity contribution in [2.45, 2.75) is 32.6 Å². The molecule has 1 saturated carbocycles. The molecule has 5 nitrogen and oxygen atoms in total. The molecule has 120 valence electrons. The molecule has 1 aliphatic carbocycles. The number of nitrogens with two attached hydrogens (primary N) is 1. The van der Waals surface area contributed by atoms with Crippen molar-refractivity contribution < 1.29 is 9.59 Å². The van der Waals surface area contributed by atoms with Gasteiger partial charge in [0.1, 0.15) is 0 Å². The van der Waals surface area contributed by atoms with Crippen LogP contribution in [0.1, 0.15) is 41.6 Å². The summed E-state index contributed by atoms with van der Waals surface area (Å²) < 4.78 is 0. The van der Waals surface area contributed by atoms with Crippen LogP contribution in [-0.2, 0) is 4.79 Å². The Labute approximate surface area is 135 Å². The maximum atomic E-state index is 12.6. The predicted molar refractivity (Wildman–Crippen MR) is 88.9 cm³/mol. The lowest BCUT2D eigenvalue weighted by molar-refractivity contribution is -0.127. The van der Waals surface area contributed by atoms with E-state index >= 15 is 0 Å². The fourth-order valence-corrected chi connectivity index (χ4v) is 3.41. The molecule has 3 rings (SSSR count). The number of rotatable bonds is 4. The molecule has 1 aliphatic rings. The molecule has 0 bridgehead atoms. The Balaban J connectivity index is 1.84. The van der Waals surface area contributed by atoms with Crippen LogP contribution in [0.4, 0.5) is 0 Å². The zero-order valence-corrected chi connectivity index (χ0v) is 13.3. The summed E-state index contributed by atoms with van der Waals surface area (Å²) in [6.45, 7) is 2.29. The van der Waals surface area contributed by atoms with E-state index in [9.17, 15) is 9.59 Å². The average molecular weight is 311 g/mol. The van der Waals surface area contributed by atoms with Gasteiger partial charge in [0.05, 0.1) is 16.5 Å². The molecule has 2 aromatic rings. The highest BCUT2D eigenvalue weighted by molar-refractivity contribution is 6.06. The molecular formula is C18H21N3O2. The van der Waals surface area contributed by atoms with Crippen LogP contribution in [0.25, 0.3) is 10.9 Å². The summed E-state index contributed by atoms with van der Waals surface area (Å²) in [6, 6.07) is 7.51. The van der Waals surface area contributed by atoms with E-state index in [0.717, 1.165) is 36.6 Å². The van der Waals surface area contributed by atoms with Gasteiger partial charge < -0.3 is 11.1 Å². The Kier molecular flexibility index (Phi) is 4.03. The molecule has 1 aromatic carbocycles. The lowest BCUT2D eigenvalue weighted by Gasteiger charge is -2.25. The lowest BCUT2D eigenvalue weighted by Crippen LogP contribution is -2.44. The van der Waals surface area contributed by atoms with Crippen LogP contribution in [0.5, 0.6) is 0 Å². The number of hydrogen-bond acceptors (Lipinski definition) is 3. The van der Waals surface area contributed by atoms with Gasteiger partial charge in [-0.05, 0) is 37.5 Å². The van der Waals surface area contributed by atoms with Crippen LogP contribution in [-0.4, -0.2) is 23.3 Å². The number of benzene rings is 1. The second-order valence-electron chi connectivity index (χ2n) is 6.36. The Morgan fingerprint density at radius 2 is 2.00 bits per heavy atom. The van der Waals surface area contributed by atoms with Crippen molar-refractivity contribution in [3.05, 3.63) is 41.6 Å². The van der Waals surface area contributed by atoms with Crippen LogP contribution in [0.3, 0.4) is 0 Å². The molecule has 0 saturated heterocycles. The van der Waals surface area contributed by atoms with Crippen LogP contribution >= 0.6 is 0 Å². The average Bonchev–Trinajstić information content (AvgIpc) is 3.04. The molecule has 5 heteroatoms. The molecule has 1 heterocycles. The van der Waals surface area contributed by atoms with Crippen molar-refractivity contribution in [2.24, 2.45) is 11.1 Å². The number of nitrogens with one attached hydrogen (secondary N) is 1. The summed E-state index contributed by atoms with van der Waals surface area (Å²) in [5, 5.41) is 3.86. The Morgan fingerprint density at radius 3 is 2.70 bits per heavy atom. The van der Waals surface area contributed by atoms with Gasteiger partial charge in [0.2, 0.25) is 5.91 Å². The van der Waals surface area contributed by atoms with Gasteiger partial charge in [-0.3, -0.25) is 14.6 Å². The van der Waals surface area contributed by atoms with E-state index in [1.165, 1.54) is 0 Å². The molecule has 0 atom stereocenters. The first-order valence-corrected chi connectivity index (χ1v) is 7.96. The van der Waals surface area contributed by atoms with E-state index in [1.54, 1.807) is 12.3 Å². The minimum absolute atomic E-state index is 0.207. The van der Waals surface area contributed by atoms with Crippen molar-refractivity contribution in [2.75, 3.05) is 6.54 Å². The molecule has 0 spiro atoms. The monoisotopic (exact) mass is 311 g/mol. The van der Waals surface area contributed by atoms with Gasteiger partial charge >= 0.3 is 0 Å². The minimum Gasteiger partial charge on any atom is -0.369 e. The van der Waals surface area contributed by atoms with Crippen molar-refractivity contribution in [3.8, 4) is 0 Å². The topological polar surface area (TPSA) is 85.1 Å². The Bertz CT molecular complexity index is 764. The predicted octanol–water partition coefficient (Wildman–Crippen LogP) is 2.32. The molecule has 1 fully saturated rings. The molecule has 1 aromatic heterocycles. The largest absolute Gasteiger partial charge is 0.369 e. The van der Waals surface area contributed by atoms with E-state index in [1.807, 2.05) is 25.1 Å². The van der Waals surface area contributed by atoms with Crippen molar-refractivity contribution in [1.29, 1.82) is 0 Å². The Hall–Kier alpha value is -2.43. The normalized spacial score (nSPS) is 16.4. The van der Waals surface area contributed by atoms with E-state index in [4.69, 9.17) is 5.73 Å². The zero-order chi connectivity index (χ0) is 16.4. The number of carbonyl (C=O) groups is 2. The number of pyridine rings is 1. The Morgan fingerprint density at radius 1 is 1.26 bits per heavy atom. The zero-order valence-electron chi connectivity index (χ0n) is 13.3. The second kappa shape index (κ2) is 5.99. The number of primary amides is 1. The standard InChI is InChI=1S/C18H21N3O2/c1-12-6-7-14(15-13(12)5-4-10-20-15)16(22)21-11-18(17(19)23)8-2-3-9-18/h4-7,10H,2-3,8-9,11H2,1H3,(H2,19,23)(H,21,22). The number of carbonyl (C=O) groups excluding carboxylic acids is 2. The van der Waals surface area contributed by atoms with Gasteiger partial charge in [-0.15, -0.1) is 0 Å². The number of fused-ring (bicyclic) bond motifs is 1. The highest BCUT2D eigenvalue weighted by atomic mass is 16.2. The molecule has 23 heavy (non-hydrogen) atoms. The molecular weight excluding hydrogens is 290 g/mol. The van der Waals surface area contributed by atoms with E-state index in [2.05, 4.69) is 10.3 Å². The maximum Gasteiger partial charge on any atom is 0.253 e. The van der Waals surface area contributed by atoms with E-state index in [0.29, 0.717) is 17.6 Å². The van der Waals surface area contributed by atoms with Gasteiger partial charge in [-0.25, -0.2) is 0 Å². The summed E-state index contributed by atoms with van der Waals surface area (Å²) >= 11 is 0. The third-order valence-electron chi connectivity index (χ3n) is 4.90. The highest BCUT2D eigenvalue weighted by Crippen LogP contribution is 2.37. The first-order valence-electron chi connectivity index (χ1n) is 7.96. The van der Waals surface area contributed by atoms with Gasteiger partial charge in [-0.2, -0.15) is 0 Å². The number of aryl methyl sites for hydroxylation is 1. The fourth-order valence-electron chi connectivity index (χ4n) is 3.41. The van der Waals surface area contributed by atoms with E-state index in [-0.39, 0.29) is 11.8 Å². The number of nitrogens with zero attached hydrogens (tertiary/aromatic N) is 1. The van der Waals surface area contributed by atoms with Crippen molar-refractivity contribution in [1.82, 2.24) is 10.3 Å². The molecule has 0 radical (unpaired) electrons. The smallest absolute Gasteiger partial charge is 0.253 e. The second-order valence-corrected chi connectivity index (χ2v) is 6.36. The number of hydrogen-bond donors (Lipinski definition) is 2. The SMILES string of the molecule is Cc1ccc(C(=O)NCC2(C(N)=O)CCCC2)c2ncccc12. The fraction of sp³-hybridized carbons (Fsp3) is 0.389. The summed E-state index contributed by atoms with van der Waals surface area (Å²) in [7, 11) is 0. The van der Waals surface area contributed by atoms with Crippen LogP contribution in [0.2, 0.25) is 0 Å². The summed E-state index contributed by atoms with van der Waals surface area (Å²) in [4.78, 5) is 28.7. The summed E-state index contributed by atoms with van der Waals surface area (Å²) in [6.07, 6.45) is 5.13. The third-order valence-corrected chi connectivity index (χ3v) is 4.90. The van der Waals surface area contributed by atoms with Crippen LogP contribution in [0.15, 0.2) is 30.5 Å². The molecule has 0 unspecified atom stereocenters. The molecule has 0 aliphatic heterocycles. The first kappa shape index (κ1) is 15.5. The van der Waals surface area contributed by atoms with Crippen molar-refractivity contribution in [3.63, 3.8) is 0 Å². The van der Waals surface area contributed by atoms with Gasteiger partial charge in [0, 0.05) is 18.1 Å². The van der Waals surface area contributed by atoms with Gasteiger partial charge in [0.15, 0.2) is 0 Å². The first-order chi connectivity index (χ1) is 11.0. The lowest BCUT2D eigenvalue weighted by atomic mass is 9.85. The maximum absolute atomic E-state index is 12.6. The molecule has 2 amide bonds. The highest BCUT2D eigenvalue weighted by Gasteiger charge is 2.39. The quantitative estimate of drug-likeness (QED) is 0.908. The number of amides is 2. The van der Waals surface area contributed by atoms with Gasteiger partial charge in [0.25, 0.3) is 5.91 Å². The van der Waals surface area contributed by atoms with Gasteiger partial charge in [-0.1, -0.05) is 25.0 Å².